The van der Waals surface area contributed by atoms with Crippen molar-refractivity contribution in [3.05, 3.63) is 59.7 Å². The fourth-order valence-corrected chi connectivity index (χ4v) is 2.56. The monoisotopic (exact) mass is 323 g/mol. The van der Waals surface area contributed by atoms with Gasteiger partial charge >= 0.3 is 0 Å². The molecule has 6 heteroatoms. The van der Waals surface area contributed by atoms with Crippen molar-refractivity contribution >= 4 is 29.1 Å². The maximum atomic E-state index is 12.3. The largest absolute Gasteiger partial charge is 0.340 e. The molecule has 1 heterocycles. The third-order valence-electron chi connectivity index (χ3n) is 3.86. The van der Waals surface area contributed by atoms with Gasteiger partial charge in [0.1, 0.15) is 6.04 Å². The van der Waals surface area contributed by atoms with E-state index in [0.29, 0.717) is 16.9 Å². The fourth-order valence-electron chi connectivity index (χ4n) is 2.56. The molecule has 3 N–H and O–H groups in total. The predicted molar refractivity (Wildman–Crippen MR) is 90.8 cm³/mol. The predicted octanol–water partition coefficient (Wildman–Crippen LogP) is 2.07. The third kappa shape index (κ3) is 3.27. The zero-order valence-corrected chi connectivity index (χ0v) is 13.1. The number of para-hydroxylation sites is 2. The average molecular weight is 323 g/mol. The Morgan fingerprint density at radius 2 is 1.79 bits per heavy atom. The molecule has 0 aliphatic carbocycles. The van der Waals surface area contributed by atoms with Crippen LogP contribution in [-0.2, 0) is 9.59 Å². The Hall–Kier alpha value is -3.15. The molecular formula is C18H17N3O3. The number of benzene rings is 2. The van der Waals surface area contributed by atoms with Gasteiger partial charge in [0.05, 0.1) is 17.7 Å². The van der Waals surface area contributed by atoms with E-state index >= 15 is 0 Å². The molecule has 3 rings (SSSR count). The molecule has 0 aromatic heterocycles. The van der Waals surface area contributed by atoms with Gasteiger partial charge in [-0.15, -0.1) is 0 Å². The Balaban J connectivity index is 1.72. The van der Waals surface area contributed by atoms with E-state index in [2.05, 4.69) is 16.0 Å². The number of rotatable bonds is 3. The van der Waals surface area contributed by atoms with Gasteiger partial charge in [-0.3, -0.25) is 14.4 Å². The van der Waals surface area contributed by atoms with Gasteiger partial charge in [-0.05, 0) is 30.7 Å². The van der Waals surface area contributed by atoms with Crippen molar-refractivity contribution in [1.29, 1.82) is 0 Å². The van der Waals surface area contributed by atoms with Gasteiger partial charge in [0.2, 0.25) is 11.8 Å². The number of anilines is 2. The first kappa shape index (κ1) is 15.7. The van der Waals surface area contributed by atoms with Gasteiger partial charge in [-0.25, -0.2) is 0 Å². The van der Waals surface area contributed by atoms with Crippen molar-refractivity contribution in [2.24, 2.45) is 0 Å². The molecule has 0 saturated heterocycles. The van der Waals surface area contributed by atoms with Crippen molar-refractivity contribution in [3.8, 4) is 0 Å². The number of fused-ring (bicyclic) bond motifs is 1. The number of nitrogens with one attached hydrogen (secondary N) is 3. The molecule has 1 aliphatic rings. The van der Waals surface area contributed by atoms with E-state index in [1.165, 1.54) is 0 Å². The van der Waals surface area contributed by atoms with Crippen LogP contribution >= 0.6 is 0 Å². The summed E-state index contributed by atoms with van der Waals surface area (Å²) in [5.74, 6) is -1.12. The molecule has 0 bridgehead atoms. The Morgan fingerprint density at radius 3 is 2.58 bits per heavy atom. The Morgan fingerprint density at radius 1 is 1.08 bits per heavy atom. The topological polar surface area (TPSA) is 87.3 Å². The smallest absolute Gasteiger partial charge is 0.254 e. The van der Waals surface area contributed by atoms with Crippen LogP contribution in [0.25, 0.3) is 0 Å². The number of carbonyl (C=O) groups is 3. The molecule has 122 valence electrons. The van der Waals surface area contributed by atoms with Crippen LogP contribution in [0.1, 0.15) is 22.3 Å². The molecule has 3 amide bonds. The SMILES string of the molecule is Cc1ccccc1NC(=O)CC1NC(=O)c2ccccc2NC1=O. The molecule has 6 nitrogen and oxygen atoms in total. The van der Waals surface area contributed by atoms with Gasteiger partial charge in [0, 0.05) is 5.69 Å². The zero-order valence-electron chi connectivity index (χ0n) is 13.1. The maximum absolute atomic E-state index is 12.3. The van der Waals surface area contributed by atoms with Gasteiger partial charge in [-0.2, -0.15) is 0 Å². The third-order valence-corrected chi connectivity index (χ3v) is 3.86. The van der Waals surface area contributed by atoms with Crippen LogP contribution in [0, 0.1) is 6.92 Å². The van der Waals surface area contributed by atoms with E-state index in [9.17, 15) is 14.4 Å². The fraction of sp³-hybridized carbons (Fsp3) is 0.167. The van der Waals surface area contributed by atoms with Crippen LogP contribution in [0.15, 0.2) is 48.5 Å². The van der Waals surface area contributed by atoms with E-state index in [0.717, 1.165) is 5.56 Å². The number of hydrogen-bond donors (Lipinski definition) is 3. The highest BCUT2D eigenvalue weighted by Gasteiger charge is 2.29. The van der Waals surface area contributed by atoms with Crippen LogP contribution in [-0.4, -0.2) is 23.8 Å². The highest BCUT2D eigenvalue weighted by atomic mass is 16.2. The van der Waals surface area contributed by atoms with Gasteiger partial charge in [-0.1, -0.05) is 30.3 Å². The van der Waals surface area contributed by atoms with Crippen LogP contribution < -0.4 is 16.0 Å². The summed E-state index contributed by atoms with van der Waals surface area (Å²) < 4.78 is 0. The molecule has 2 aromatic carbocycles. The lowest BCUT2D eigenvalue weighted by Crippen LogP contribution is -2.43. The van der Waals surface area contributed by atoms with Crippen molar-refractivity contribution < 1.29 is 14.4 Å². The number of aryl methyl sites for hydroxylation is 1. The van der Waals surface area contributed by atoms with E-state index in [-0.39, 0.29) is 18.2 Å². The highest BCUT2D eigenvalue weighted by molar-refractivity contribution is 6.11. The quantitative estimate of drug-likeness (QED) is 0.808. The lowest BCUT2D eigenvalue weighted by atomic mass is 10.1. The number of carbonyl (C=O) groups excluding carboxylic acids is 3. The zero-order chi connectivity index (χ0) is 17.1. The summed E-state index contributed by atoms with van der Waals surface area (Å²) in [5, 5.41) is 8.05. The van der Waals surface area contributed by atoms with Crippen LogP contribution in [0.2, 0.25) is 0 Å². The minimum absolute atomic E-state index is 0.139. The van der Waals surface area contributed by atoms with Gasteiger partial charge in [0.25, 0.3) is 5.91 Å². The van der Waals surface area contributed by atoms with E-state index < -0.39 is 11.9 Å². The van der Waals surface area contributed by atoms with Gasteiger partial charge < -0.3 is 16.0 Å². The minimum atomic E-state index is -0.922. The number of hydrogen-bond acceptors (Lipinski definition) is 3. The first-order valence-corrected chi connectivity index (χ1v) is 7.61. The second-order valence-electron chi connectivity index (χ2n) is 5.63. The molecular weight excluding hydrogens is 306 g/mol. The van der Waals surface area contributed by atoms with E-state index in [4.69, 9.17) is 0 Å². The summed E-state index contributed by atoms with van der Waals surface area (Å²) in [6.45, 7) is 1.88. The highest BCUT2D eigenvalue weighted by Crippen LogP contribution is 2.19. The minimum Gasteiger partial charge on any atom is -0.340 e. The summed E-state index contributed by atoms with van der Waals surface area (Å²) in [4.78, 5) is 36.7. The van der Waals surface area contributed by atoms with Crippen LogP contribution in [0.3, 0.4) is 0 Å². The second-order valence-corrected chi connectivity index (χ2v) is 5.63. The van der Waals surface area contributed by atoms with Gasteiger partial charge in [0.15, 0.2) is 0 Å². The molecule has 0 fully saturated rings. The molecule has 1 unspecified atom stereocenters. The Kier molecular flexibility index (Phi) is 4.29. The normalized spacial score (nSPS) is 16.5. The molecule has 1 aliphatic heterocycles. The molecule has 0 radical (unpaired) electrons. The number of amides is 3. The van der Waals surface area contributed by atoms with Crippen molar-refractivity contribution in [1.82, 2.24) is 5.32 Å². The molecule has 2 aromatic rings. The van der Waals surface area contributed by atoms with E-state index in [1.807, 2.05) is 25.1 Å². The lowest BCUT2D eigenvalue weighted by molar-refractivity contribution is -0.122. The van der Waals surface area contributed by atoms with Crippen molar-refractivity contribution in [3.63, 3.8) is 0 Å². The Labute approximate surface area is 139 Å². The lowest BCUT2D eigenvalue weighted by Gasteiger charge is -2.15. The molecule has 0 saturated carbocycles. The molecule has 24 heavy (non-hydrogen) atoms. The summed E-state index contributed by atoms with van der Waals surface area (Å²) in [7, 11) is 0. The van der Waals surface area contributed by atoms with Crippen LogP contribution in [0.4, 0.5) is 11.4 Å². The summed E-state index contributed by atoms with van der Waals surface area (Å²) >= 11 is 0. The summed E-state index contributed by atoms with van der Waals surface area (Å²) in [6, 6.07) is 13.2. The Bertz CT molecular complexity index is 817. The first-order valence-electron chi connectivity index (χ1n) is 7.61. The molecule has 0 spiro atoms. The second kappa shape index (κ2) is 6.54. The summed E-state index contributed by atoms with van der Waals surface area (Å²) in [5.41, 5.74) is 2.44. The van der Waals surface area contributed by atoms with Crippen molar-refractivity contribution in [2.75, 3.05) is 10.6 Å². The van der Waals surface area contributed by atoms with Crippen molar-refractivity contribution in [2.45, 2.75) is 19.4 Å². The maximum Gasteiger partial charge on any atom is 0.254 e. The van der Waals surface area contributed by atoms with Crippen LogP contribution in [0.5, 0.6) is 0 Å². The van der Waals surface area contributed by atoms with E-state index in [1.54, 1.807) is 30.3 Å². The molecule has 1 atom stereocenters. The summed E-state index contributed by atoms with van der Waals surface area (Å²) in [6.07, 6.45) is -0.139. The average Bonchev–Trinajstić information content (AvgIpc) is 2.67. The standard InChI is InChI=1S/C18H17N3O3/c1-11-6-2-4-8-13(11)19-16(22)10-15-18(24)20-14-9-5-3-7-12(14)17(23)21-15/h2-9,15H,10H2,1H3,(H,19,22)(H,20,24)(H,21,23). The first-order chi connectivity index (χ1) is 11.5.